The molecule has 3 heterocycles. The van der Waals surface area contributed by atoms with E-state index in [1.54, 1.807) is 44.3 Å². The predicted molar refractivity (Wildman–Crippen MR) is 106 cm³/mol. The molecule has 1 N–H and O–H groups in total. The lowest BCUT2D eigenvalue weighted by Gasteiger charge is -2.09. The molecule has 0 fully saturated rings. The third-order valence-corrected chi connectivity index (χ3v) is 4.28. The standard InChI is InChI=1S/C20H19N5O3/c1-26-16-6-4-13(10-17(16)27-2)15-12-22-25-9-8-18(24-20(15)25)23-14-5-7-19(28-3)21-11-14/h4-12H,1-3H3,(H,23,24). The highest BCUT2D eigenvalue weighted by atomic mass is 16.5. The van der Waals surface area contributed by atoms with Crippen LogP contribution in [0.2, 0.25) is 0 Å². The molecule has 8 heteroatoms. The summed E-state index contributed by atoms with van der Waals surface area (Å²) in [5, 5.41) is 7.63. The van der Waals surface area contributed by atoms with E-state index in [0.717, 1.165) is 22.5 Å². The number of methoxy groups -OCH3 is 3. The second kappa shape index (κ2) is 7.43. The van der Waals surface area contributed by atoms with E-state index in [9.17, 15) is 0 Å². The molecule has 0 spiro atoms. The lowest BCUT2D eigenvalue weighted by Crippen LogP contribution is -1.98. The van der Waals surface area contributed by atoms with Crippen molar-refractivity contribution in [2.45, 2.75) is 0 Å². The van der Waals surface area contributed by atoms with Gasteiger partial charge in [0.1, 0.15) is 5.82 Å². The first-order valence-corrected chi connectivity index (χ1v) is 8.55. The summed E-state index contributed by atoms with van der Waals surface area (Å²) in [7, 11) is 4.81. The van der Waals surface area contributed by atoms with E-state index in [1.807, 2.05) is 36.5 Å². The molecule has 4 aromatic rings. The summed E-state index contributed by atoms with van der Waals surface area (Å²) in [5.74, 6) is 2.56. The van der Waals surface area contributed by atoms with E-state index in [-0.39, 0.29) is 0 Å². The Kier molecular flexibility index (Phi) is 4.67. The SMILES string of the molecule is COc1ccc(Nc2ccn3ncc(-c4ccc(OC)c(OC)c4)c3n2)cn1. The third kappa shape index (κ3) is 3.27. The highest BCUT2D eigenvalue weighted by molar-refractivity contribution is 5.79. The van der Waals surface area contributed by atoms with Gasteiger partial charge in [-0.05, 0) is 29.8 Å². The molecule has 0 aliphatic heterocycles. The fraction of sp³-hybridized carbons (Fsp3) is 0.150. The second-order valence-electron chi connectivity index (χ2n) is 5.92. The Bertz CT molecular complexity index is 1110. The van der Waals surface area contributed by atoms with Crippen LogP contribution in [0.3, 0.4) is 0 Å². The van der Waals surface area contributed by atoms with Gasteiger partial charge < -0.3 is 19.5 Å². The molecule has 0 aliphatic carbocycles. The summed E-state index contributed by atoms with van der Waals surface area (Å²) in [4.78, 5) is 8.90. The minimum absolute atomic E-state index is 0.556. The van der Waals surface area contributed by atoms with E-state index >= 15 is 0 Å². The van der Waals surface area contributed by atoms with E-state index < -0.39 is 0 Å². The van der Waals surface area contributed by atoms with Crippen LogP contribution < -0.4 is 19.5 Å². The molecule has 0 unspecified atom stereocenters. The summed E-state index contributed by atoms with van der Waals surface area (Å²) in [6.45, 7) is 0. The van der Waals surface area contributed by atoms with Crippen molar-refractivity contribution in [3.63, 3.8) is 0 Å². The first kappa shape index (κ1) is 17.6. The van der Waals surface area contributed by atoms with Gasteiger partial charge in [0.15, 0.2) is 17.1 Å². The lowest BCUT2D eigenvalue weighted by atomic mass is 10.1. The van der Waals surface area contributed by atoms with Crippen molar-refractivity contribution in [3.05, 3.63) is 55.0 Å². The Morgan fingerprint density at radius 1 is 0.893 bits per heavy atom. The molecular formula is C20H19N5O3. The van der Waals surface area contributed by atoms with Gasteiger partial charge in [0.2, 0.25) is 5.88 Å². The Hall–Kier alpha value is -3.81. The molecule has 0 saturated carbocycles. The topological polar surface area (TPSA) is 82.8 Å². The van der Waals surface area contributed by atoms with E-state index in [0.29, 0.717) is 23.2 Å². The first-order valence-electron chi connectivity index (χ1n) is 8.55. The van der Waals surface area contributed by atoms with Crippen LogP contribution in [0.1, 0.15) is 0 Å². The fourth-order valence-corrected chi connectivity index (χ4v) is 2.87. The number of ether oxygens (including phenoxy) is 3. The zero-order valence-corrected chi connectivity index (χ0v) is 15.7. The highest BCUT2D eigenvalue weighted by Crippen LogP contribution is 2.33. The summed E-state index contributed by atoms with van der Waals surface area (Å²) >= 11 is 0. The van der Waals surface area contributed by atoms with Crippen molar-refractivity contribution in [3.8, 4) is 28.5 Å². The Labute approximate surface area is 161 Å². The van der Waals surface area contributed by atoms with E-state index in [2.05, 4.69) is 15.4 Å². The molecule has 0 radical (unpaired) electrons. The number of nitrogens with zero attached hydrogens (tertiary/aromatic N) is 4. The van der Waals surface area contributed by atoms with Crippen LogP contribution in [-0.2, 0) is 0 Å². The summed E-state index contributed by atoms with van der Waals surface area (Å²) in [6, 6.07) is 11.2. The van der Waals surface area contributed by atoms with E-state index in [4.69, 9.17) is 19.2 Å². The number of hydrogen-bond donors (Lipinski definition) is 1. The van der Waals surface area contributed by atoms with Gasteiger partial charge in [0.05, 0.1) is 39.4 Å². The summed E-state index contributed by atoms with van der Waals surface area (Å²) < 4.78 is 17.5. The molecule has 142 valence electrons. The predicted octanol–water partition coefficient (Wildman–Crippen LogP) is 3.56. The molecule has 0 aliphatic rings. The van der Waals surface area contributed by atoms with E-state index in [1.165, 1.54) is 0 Å². The van der Waals surface area contributed by atoms with Crippen LogP contribution in [0.25, 0.3) is 16.8 Å². The third-order valence-electron chi connectivity index (χ3n) is 4.28. The maximum absolute atomic E-state index is 5.41. The molecule has 0 atom stereocenters. The Morgan fingerprint density at radius 2 is 1.75 bits per heavy atom. The summed E-state index contributed by atoms with van der Waals surface area (Å²) in [5.41, 5.74) is 3.35. The smallest absolute Gasteiger partial charge is 0.213 e. The Balaban J connectivity index is 1.70. The van der Waals surface area contributed by atoms with Gasteiger partial charge in [-0.1, -0.05) is 6.07 Å². The van der Waals surface area contributed by atoms with Gasteiger partial charge >= 0.3 is 0 Å². The monoisotopic (exact) mass is 377 g/mol. The number of nitrogens with one attached hydrogen (secondary N) is 1. The number of aromatic nitrogens is 4. The van der Waals surface area contributed by atoms with Gasteiger partial charge in [0.25, 0.3) is 0 Å². The number of pyridine rings is 1. The Morgan fingerprint density at radius 3 is 2.46 bits per heavy atom. The molecular weight excluding hydrogens is 358 g/mol. The fourth-order valence-electron chi connectivity index (χ4n) is 2.87. The highest BCUT2D eigenvalue weighted by Gasteiger charge is 2.12. The first-order chi connectivity index (χ1) is 13.7. The number of fused-ring (bicyclic) bond motifs is 1. The zero-order chi connectivity index (χ0) is 19.5. The van der Waals surface area contributed by atoms with Crippen LogP contribution in [0.5, 0.6) is 17.4 Å². The molecule has 4 rings (SSSR count). The van der Waals surface area contributed by atoms with Crippen LogP contribution in [-0.4, -0.2) is 40.9 Å². The van der Waals surface area contributed by atoms with Crippen molar-refractivity contribution in [2.24, 2.45) is 0 Å². The number of hydrogen-bond acceptors (Lipinski definition) is 7. The maximum Gasteiger partial charge on any atom is 0.213 e. The van der Waals surface area contributed by atoms with Crippen molar-refractivity contribution < 1.29 is 14.2 Å². The molecule has 0 amide bonds. The molecule has 0 saturated heterocycles. The second-order valence-corrected chi connectivity index (χ2v) is 5.92. The normalized spacial score (nSPS) is 10.7. The van der Waals surface area contributed by atoms with Crippen LogP contribution in [0, 0.1) is 0 Å². The quantitative estimate of drug-likeness (QED) is 0.550. The average molecular weight is 377 g/mol. The average Bonchev–Trinajstić information content (AvgIpc) is 3.17. The molecule has 0 bridgehead atoms. The molecule has 28 heavy (non-hydrogen) atoms. The van der Waals surface area contributed by atoms with Gasteiger partial charge in [-0.15, -0.1) is 0 Å². The van der Waals surface area contributed by atoms with Gasteiger partial charge in [-0.25, -0.2) is 14.5 Å². The van der Waals surface area contributed by atoms with Crippen molar-refractivity contribution in [2.75, 3.05) is 26.6 Å². The van der Waals surface area contributed by atoms with Crippen LogP contribution in [0.4, 0.5) is 11.5 Å². The van der Waals surface area contributed by atoms with Gasteiger partial charge in [-0.3, -0.25) is 0 Å². The molecule has 1 aromatic carbocycles. The number of anilines is 2. The van der Waals surface area contributed by atoms with Crippen molar-refractivity contribution in [1.29, 1.82) is 0 Å². The maximum atomic E-state index is 5.41. The minimum atomic E-state index is 0.556. The molecule has 8 nitrogen and oxygen atoms in total. The van der Waals surface area contributed by atoms with Crippen molar-refractivity contribution in [1.82, 2.24) is 19.6 Å². The van der Waals surface area contributed by atoms with Gasteiger partial charge in [0, 0.05) is 17.8 Å². The number of benzene rings is 1. The number of rotatable bonds is 6. The molecule has 3 aromatic heterocycles. The van der Waals surface area contributed by atoms with Crippen LogP contribution in [0.15, 0.2) is 55.0 Å². The minimum Gasteiger partial charge on any atom is -0.493 e. The zero-order valence-electron chi connectivity index (χ0n) is 15.7. The van der Waals surface area contributed by atoms with Crippen LogP contribution >= 0.6 is 0 Å². The summed E-state index contributed by atoms with van der Waals surface area (Å²) in [6.07, 6.45) is 5.32. The van der Waals surface area contributed by atoms with Gasteiger partial charge in [-0.2, -0.15) is 5.10 Å². The largest absolute Gasteiger partial charge is 0.493 e. The lowest BCUT2D eigenvalue weighted by molar-refractivity contribution is 0.355. The van der Waals surface area contributed by atoms with Crippen molar-refractivity contribution >= 4 is 17.2 Å².